The highest BCUT2D eigenvalue weighted by Gasteiger charge is 2.37. The van der Waals surface area contributed by atoms with E-state index in [2.05, 4.69) is 5.43 Å². The largest absolute Gasteiger partial charge is 0.271 e. The predicted molar refractivity (Wildman–Crippen MR) is 68.1 cm³/mol. The molecule has 0 bridgehead atoms. The van der Waals surface area contributed by atoms with Crippen LogP contribution in [0.15, 0.2) is 24.3 Å². The van der Waals surface area contributed by atoms with Crippen LogP contribution in [0, 0.1) is 11.7 Å². The van der Waals surface area contributed by atoms with Crippen LogP contribution in [0.25, 0.3) is 0 Å². The maximum atomic E-state index is 13.1. The number of hydrazine groups is 1. The van der Waals surface area contributed by atoms with Crippen LogP contribution in [0.5, 0.6) is 0 Å². The van der Waals surface area contributed by atoms with E-state index in [1.807, 2.05) is 0 Å². The van der Waals surface area contributed by atoms with Crippen molar-refractivity contribution in [1.29, 1.82) is 0 Å². The third-order valence-corrected chi connectivity index (χ3v) is 3.91. The fourth-order valence-electron chi connectivity index (χ4n) is 2.70. The molecule has 1 aliphatic rings. The molecule has 19 heavy (non-hydrogen) atoms. The van der Waals surface area contributed by atoms with Gasteiger partial charge in [0.25, 0.3) is 0 Å². The first-order chi connectivity index (χ1) is 9.00. The van der Waals surface area contributed by atoms with Crippen LogP contribution in [-0.2, 0) is 6.42 Å². The van der Waals surface area contributed by atoms with Crippen molar-refractivity contribution in [3.8, 4) is 0 Å². The van der Waals surface area contributed by atoms with Gasteiger partial charge in [-0.2, -0.15) is 0 Å². The van der Waals surface area contributed by atoms with Gasteiger partial charge in [0.05, 0.1) is 0 Å². The molecule has 1 aliphatic carbocycles. The van der Waals surface area contributed by atoms with E-state index in [0.29, 0.717) is 19.3 Å². The van der Waals surface area contributed by atoms with Gasteiger partial charge in [0.2, 0.25) is 5.92 Å². The number of benzene rings is 1. The molecule has 106 valence electrons. The Bertz CT molecular complexity index is 396. The van der Waals surface area contributed by atoms with Crippen LogP contribution in [0.4, 0.5) is 13.2 Å². The van der Waals surface area contributed by atoms with Crippen LogP contribution in [-0.4, -0.2) is 12.0 Å². The number of nitrogens with one attached hydrogen (secondary N) is 1. The average Bonchev–Trinajstić information content (AvgIpc) is 2.39. The molecule has 1 aromatic carbocycles. The molecule has 0 aliphatic heterocycles. The zero-order valence-corrected chi connectivity index (χ0v) is 10.7. The zero-order valence-electron chi connectivity index (χ0n) is 10.7. The molecule has 0 radical (unpaired) electrons. The highest BCUT2D eigenvalue weighted by Crippen LogP contribution is 2.37. The summed E-state index contributed by atoms with van der Waals surface area (Å²) in [5.74, 6) is 2.88. The smallest absolute Gasteiger partial charge is 0.248 e. The second kappa shape index (κ2) is 5.92. The molecule has 0 saturated heterocycles. The fourth-order valence-corrected chi connectivity index (χ4v) is 2.70. The van der Waals surface area contributed by atoms with Crippen molar-refractivity contribution in [3.05, 3.63) is 35.6 Å². The minimum atomic E-state index is -2.52. The van der Waals surface area contributed by atoms with Gasteiger partial charge >= 0.3 is 0 Å². The Balaban J connectivity index is 1.95. The van der Waals surface area contributed by atoms with Gasteiger partial charge in [-0.15, -0.1) is 0 Å². The average molecular weight is 272 g/mol. The highest BCUT2D eigenvalue weighted by atomic mass is 19.3. The van der Waals surface area contributed by atoms with Crippen molar-refractivity contribution in [2.24, 2.45) is 11.8 Å². The molecule has 3 N–H and O–H groups in total. The molecular formula is C14H19F3N2. The Hall–Kier alpha value is -1.07. The van der Waals surface area contributed by atoms with Gasteiger partial charge < -0.3 is 0 Å². The van der Waals surface area contributed by atoms with Gasteiger partial charge in [-0.05, 0) is 42.9 Å². The molecule has 5 heteroatoms. The fraction of sp³-hybridized carbons (Fsp3) is 0.571. The minimum absolute atomic E-state index is 0.0402. The number of halogens is 3. The lowest BCUT2D eigenvalue weighted by Gasteiger charge is -2.33. The van der Waals surface area contributed by atoms with Gasteiger partial charge in [-0.1, -0.05) is 12.1 Å². The van der Waals surface area contributed by atoms with E-state index in [9.17, 15) is 13.2 Å². The molecule has 0 aromatic heterocycles. The molecule has 1 saturated carbocycles. The number of hydrogen-bond acceptors (Lipinski definition) is 2. The first kappa shape index (κ1) is 14.3. The summed E-state index contributed by atoms with van der Waals surface area (Å²) in [6, 6.07) is 6.17. The van der Waals surface area contributed by atoms with Crippen LogP contribution < -0.4 is 11.3 Å². The van der Waals surface area contributed by atoms with E-state index < -0.39 is 5.92 Å². The topological polar surface area (TPSA) is 38.0 Å². The lowest BCUT2D eigenvalue weighted by molar-refractivity contribution is -0.0495. The predicted octanol–water partition coefficient (Wildman–Crippen LogP) is 3.03. The van der Waals surface area contributed by atoms with E-state index in [-0.39, 0.29) is 30.6 Å². The summed E-state index contributed by atoms with van der Waals surface area (Å²) in [6.45, 7) is 0. The van der Waals surface area contributed by atoms with Crippen molar-refractivity contribution >= 4 is 0 Å². The minimum Gasteiger partial charge on any atom is -0.271 e. The monoisotopic (exact) mass is 272 g/mol. The van der Waals surface area contributed by atoms with E-state index in [1.165, 1.54) is 12.1 Å². The molecule has 0 heterocycles. The van der Waals surface area contributed by atoms with Crippen molar-refractivity contribution in [2.75, 3.05) is 0 Å². The SMILES string of the molecule is NNC(Cc1ccc(F)cc1)C1CCC(F)(F)CC1. The van der Waals surface area contributed by atoms with Gasteiger partial charge in [0, 0.05) is 18.9 Å². The molecule has 2 nitrogen and oxygen atoms in total. The summed E-state index contributed by atoms with van der Waals surface area (Å²) in [6.07, 6.45) is 1.44. The second-order valence-corrected chi connectivity index (χ2v) is 5.30. The van der Waals surface area contributed by atoms with Gasteiger partial charge in [0.15, 0.2) is 0 Å². The summed E-state index contributed by atoms with van der Waals surface area (Å²) >= 11 is 0. The van der Waals surface area contributed by atoms with Crippen molar-refractivity contribution in [1.82, 2.24) is 5.43 Å². The molecular weight excluding hydrogens is 253 g/mol. The summed E-state index contributed by atoms with van der Waals surface area (Å²) in [4.78, 5) is 0. The first-order valence-electron chi connectivity index (χ1n) is 6.58. The summed E-state index contributed by atoms with van der Waals surface area (Å²) in [7, 11) is 0. The molecule has 2 rings (SSSR count). The van der Waals surface area contributed by atoms with Crippen molar-refractivity contribution in [3.63, 3.8) is 0 Å². The number of nitrogens with two attached hydrogens (primary N) is 1. The maximum Gasteiger partial charge on any atom is 0.248 e. The Kier molecular flexibility index (Phi) is 4.47. The highest BCUT2D eigenvalue weighted by molar-refractivity contribution is 5.17. The third kappa shape index (κ3) is 3.94. The summed E-state index contributed by atoms with van der Waals surface area (Å²) < 4.78 is 39.1. The quantitative estimate of drug-likeness (QED) is 0.653. The van der Waals surface area contributed by atoms with E-state index in [0.717, 1.165) is 5.56 Å². The normalized spacial score (nSPS) is 21.3. The molecule has 1 atom stereocenters. The second-order valence-electron chi connectivity index (χ2n) is 5.30. The Morgan fingerprint density at radius 2 is 1.79 bits per heavy atom. The molecule has 1 unspecified atom stereocenters. The third-order valence-electron chi connectivity index (χ3n) is 3.91. The van der Waals surface area contributed by atoms with Gasteiger partial charge in [-0.25, -0.2) is 13.2 Å². The zero-order chi connectivity index (χ0) is 13.9. The molecule has 0 amide bonds. The van der Waals surface area contributed by atoms with Crippen molar-refractivity contribution in [2.45, 2.75) is 44.1 Å². The first-order valence-corrected chi connectivity index (χ1v) is 6.58. The van der Waals surface area contributed by atoms with Gasteiger partial charge in [-0.3, -0.25) is 11.3 Å². The van der Waals surface area contributed by atoms with E-state index in [1.54, 1.807) is 12.1 Å². The lowest BCUT2D eigenvalue weighted by atomic mass is 9.80. The lowest BCUT2D eigenvalue weighted by Crippen LogP contribution is -2.44. The van der Waals surface area contributed by atoms with Crippen molar-refractivity contribution < 1.29 is 13.2 Å². The Morgan fingerprint density at radius 1 is 1.21 bits per heavy atom. The van der Waals surface area contributed by atoms with E-state index >= 15 is 0 Å². The number of rotatable bonds is 4. The van der Waals surface area contributed by atoms with Crippen LogP contribution in [0.2, 0.25) is 0 Å². The molecule has 0 spiro atoms. The van der Waals surface area contributed by atoms with Crippen LogP contribution in [0.1, 0.15) is 31.2 Å². The Morgan fingerprint density at radius 3 is 2.32 bits per heavy atom. The summed E-state index contributed by atoms with van der Waals surface area (Å²) in [5, 5.41) is 0. The summed E-state index contributed by atoms with van der Waals surface area (Å²) in [5.41, 5.74) is 3.68. The van der Waals surface area contributed by atoms with Crippen LogP contribution in [0.3, 0.4) is 0 Å². The molecule has 1 aromatic rings. The maximum absolute atomic E-state index is 13.1. The van der Waals surface area contributed by atoms with E-state index in [4.69, 9.17) is 5.84 Å². The number of hydrogen-bond donors (Lipinski definition) is 2. The van der Waals surface area contributed by atoms with Crippen LogP contribution >= 0.6 is 0 Å². The Labute approximate surface area is 111 Å². The number of alkyl halides is 2. The molecule has 1 fully saturated rings. The standard InChI is InChI=1S/C14H19F3N2/c15-12-3-1-10(2-4-12)9-13(19-18)11-5-7-14(16,17)8-6-11/h1-4,11,13,19H,5-9,18H2. The van der Waals surface area contributed by atoms with Gasteiger partial charge in [0.1, 0.15) is 5.82 Å².